The molecule has 0 N–H and O–H groups in total. The van der Waals surface area contributed by atoms with Crippen LogP contribution in [-0.4, -0.2) is 17.9 Å². The van der Waals surface area contributed by atoms with Crippen LogP contribution in [-0.2, 0) is 11.2 Å². The lowest BCUT2D eigenvalue weighted by Gasteiger charge is -1.99. The fraction of sp³-hybridized carbons (Fsp3) is 0.200. The number of hydrogen-bond donors (Lipinski definition) is 0. The molecular weight excluding hydrogens is 166 g/mol. The zero-order valence-electron chi connectivity index (χ0n) is 7.49. The number of methoxy groups -OCH3 is 1. The Bertz CT molecular complexity index is 303. The van der Waals surface area contributed by atoms with Crippen LogP contribution in [0.4, 0.5) is 0 Å². The summed E-state index contributed by atoms with van der Waals surface area (Å²) in [7, 11) is 1.55. The summed E-state index contributed by atoms with van der Waals surface area (Å²) >= 11 is 0. The Labute approximate surface area is 77.1 Å². The maximum atomic E-state index is 11.0. The summed E-state index contributed by atoms with van der Waals surface area (Å²) in [5.41, 5.74) is 0.866. The van der Waals surface area contributed by atoms with E-state index >= 15 is 0 Å². The van der Waals surface area contributed by atoms with E-state index in [2.05, 4.69) is 11.6 Å². The first-order valence-corrected chi connectivity index (χ1v) is 3.90. The van der Waals surface area contributed by atoms with E-state index in [0.717, 1.165) is 5.56 Å². The third kappa shape index (κ3) is 2.71. The molecule has 1 aromatic heterocycles. The summed E-state index contributed by atoms with van der Waals surface area (Å²) in [4.78, 5) is 14.9. The molecule has 13 heavy (non-hydrogen) atoms. The van der Waals surface area contributed by atoms with Crippen molar-refractivity contribution < 1.29 is 9.53 Å². The van der Waals surface area contributed by atoms with Gasteiger partial charge in [-0.25, -0.2) is 4.98 Å². The Balaban J connectivity index is 2.69. The Hall–Kier alpha value is -1.64. The molecule has 0 unspecified atom stereocenters. The zero-order valence-corrected chi connectivity index (χ0v) is 7.49. The number of hydrogen-bond acceptors (Lipinski definition) is 3. The Morgan fingerprint density at radius 2 is 2.46 bits per heavy atom. The molecule has 0 saturated heterocycles. The molecule has 0 aromatic carbocycles. The molecule has 0 spiro atoms. The molecular formula is C10H11NO2. The van der Waals surface area contributed by atoms with E-state index in [0.29, 0.717) is 12.3 Å². The highest BCUT2D eigenvalue weighted by Gasteiger charge is 1.99. The van der Waals surface area contributed by atoms with Gasteiger partial charge in [0.25, 0.3) is 0 Å². The molecule has 1 rings (SSSR count). The van der Waals surface area contributed by atoms with Crippen LogP contribution in [0, 0.1) is 0 Å². The van der Waals surface area contributed by atoms with Crippen molar-refractivity contribution in [1.82, 2.24) is 4.98 Å². The van der Waals surface area contributed by atoms with Gasteiger partial charge in [0, 0.05) is 18.7 Å². The van der Waals surface area contributed by atoms with E-state index < -0.39 is 0 Å². The number of pyridine rings is 1. The van der Waals surface area contributed by atoms with Gasteiger partial charge in [-0.2, -0.15) is 0 Å². The molecule has 1 heterocycles. The second-order valence-corrected chi connectivity index (χ2v) is 2.56. The Kier molecular flexibility index (Phi) is 3.20. The van der Waals surface area contributed by atoms with Crippen molar-refractivity contribution in [3.63, 3.8) is 0 Å². The minimum Gasteiger partial charge on any atom is -0.481 e. The molecule has 0 aliphatic heterocycles. The monoisotopic (exact) mass is 177 g/mol. The maximum Gasteiger partial charge on any atom is 0.212 e. The molecule has 0 aliphatic carbocycles. The van der Waals surface area contributed by atoms with E-state index in [1.165, 1.54) is 6.08 Å². The molecule has 68 valence electrons. The highest BCUT2D eigenvalue weighted by atomic mass is 16.5. The highest BCUT2D eigenvalue weighted by Crippen LogP contribution is 2.07. The first kappa shape index (κ1) is 9.45. The minimum atomic E-state index is -0.00744. The van der Waals surface area contributed by atoms with E-state index in [-0.39, 0.29) is 5.78 Å². The van der Waals surface area contributed by atoms with E-state index in [1.54, 1.807) is 19.4 Å². The van der Waals surface area contributed by atoms with Crippen LogP contribution in [0.5, 0.6) is 5.88 Å². The molecule has 0 amide bonds. The van der Waals surface area contributed by atoms with Gasteiger partial charge in [-0.1, -0.05) is 12.6 Å². The van der Waals surface area contributed by atoms with E-state index in [9.17, 15) is 4.79 Å². The topological polar surface area (TPSA) is 39.2 Å². The van der Waals surface area contributed by atoms with Crippen molar-refractivity contribution in [2.24, 2.45) is 0 Å². The second-order valence-electron chi connectivity index (χ2n) is 2.56. The summed E-state index contributed by atoms with van der Waals surface area (Å²) in [5.74, 6) is 0.543. The summed E-state index contributed by atoms with van der Waals surface area (Å²) < 4.78 is 4.88. The summed E-state index contributed by atoms with van der Waals surface area (Å²) in [6.45, 7) is 3.40. The normalized spacial score (nSPS) is 9.31. The Morgan fingerprint density at radius 3 is 2.92 bits per heavy atom. The average Bonchev–Trinajstić information content (AvgIpc) is 2.19. The van der Waals surface area contributed by atoms with Gasteiger partial charge < -0.3 is 4.74 Å². The van der Waals surface area contributed by atoms with Crippen molar-refractivity contribution in [3.8, 4) is 5.88 Å². The molecule has 0 aliphatic rings. The lowest BCUT2D eigenvalue weighted by atomic mass is 10.1. The number of rotatable bonds is 4. The Morgan fingerprint density at radius 1 is 1.69 bits per heavy atom. The number of nitrogens with zero attached hydrogens (tertiary/aromatic N) is 1. The number of ether oxygens (including phenoxy) is 1. The smallest absolute Gasteiger partial charge is 0.212 e. The SMILES string of the molecule is C=CC(=O)Cc1ccc(OC)nc1. The maximum absolute atomic E-state index is 11.0. The number of ketones is 1. The van der Waals surface area contributed by atoms with Gasteiger partial charge in [0.2, 0.25) is 5.88 Å². The van der Waals surface area contributed by atoms with Crippen LogP contribution in [0.15, 0.2) is 31.0 Å². The van der Waals surface area contributed by atoms with Crippen molar-refractivity contribution >= 4 is 5.78 Å². The first-order valence-electron chi connectivity index (χ1n) is 3.90. The van der Waals surface area contributed by atoms with E-state index in [4.69, 9.17) is 4.74 Å². The number of allylic oxidation sites excluding steroid dienone is 1. The number of aromatic nitrogens is 1. The summed E-state index contributed by atoms with van der Waals surface area (Å²) in [6.07, 6.45) is 3.28. The molecule has 0 atom stereocenters. The van der Waals surface area contributed by atoms with Gasteiger partial charge in [-0.05, 0) is 11.6 Å². The molecule has 0 saturated carbocycles. The second kappa shape index (κ2) is 4.40. The van der Waals surface area contributed by atoms with Gasteiger partial charge in [0.1, 0.15) is 0 Å². The van der Waals surface area contributed by atoms with Crippen molar-refractivity contribution in [2.75, 3.05) is 7.11 Å². The highest BCUT2D eigenvalue weighted by molar-refractivity contribution is 5.90. The van der Waals surface area contributed by atoms with Crippen LogP contribution >= 0.6 is 0 Å². The lowest BCUT2D eigenvalue weighted by molar-refractivity contribution is -0.114. The predicted octanol–water partition coefficient (Wildman–Crippen LogP) is 1.39. The van der Waals surface area contributed by atoms with Crippen LogP contribution in [0.1, 0.15) is 5.56 Å². The first-order chi connectivity index (χ1) is 6.26. The van der Waals surface area contributed by atoms with Crippen molar-refractivity contribution in [1.29, 1.82) is 0 Å². The molecule has 0 radical (unpaired) electrons. The summed E-state index contributed by atoms with van der Waals surface area (Å²) in [5, 5.41) is 0. The van der Waals surface area contributed by atoms with Crippen molar-refractivity contribution in [2.45, 2.75) is 6.42 Å². The zero-order chi connectivity index (χ0) is 9.68. The fourth-order valence-corrected chi connectivity index (χ4v) is 0.910. The van der Waals surface area contributed by atoms with Gasteiger partial charge in [-0.15, -0.1) is 0 Å². The largest absolute Gasteiger partial charge is 0.481 e. The van der Waals surface area contributed by atoms with Crippen LogP contribution in [0.25, 0.3) is 0 Å². The van der Waals surface area contributed by atoms with Gasteiger partial charge in [0.05, 0.1) is 7.11 Å². The fourth-order valence-electron chi connectivity index (χ4n) is 0.910. The number of carbonyl (C=O) groups is 1. The van der Waals surface area contributed by atoms with Gasteiger partial charge in [-0.3, -0.25) is 4.79 Å². The summed E-state index contributed by atoms with van der Waals surface area (Å²) in [6, 6.07) is 3.54. The predicted molar refractivity (Wildman–Crippen MR) is 49.7 cm³/mol. The third-order valence-corrected chi connectivity index (χ3v) is 1.61. The molecule has 0 bridgehead atoms. The van der Waals surface area contributed by atoms with E-state index in [1.807, 2.05) is 6.07 Å². The van der Waals surface area contributed by atoms with Gasteiger partial charge in [0.15, 0.2) is 5.78 Å². The van der Waals surface area contributed by atoms with Gasteiger partial charge >= 0.3 is 0 Å². The number of carbonyl (C=O) groups excluding carboxylic acids is 1. The van der Waals surface area contributed by atoms with Crippen molar-refractivity contribution in [3.05, 3.63) is 36.5 Å². The molecule has 3 nitrogen and oxygen atoms in total. The molecule has 0 fully saturated rings. The molecule has 1 aromatic rings. The van der Waals surface area contributed by atoms with Crippen LogP contribution < -0.4 is 4.74 Å². The lowest BCUT2D eigenvalue weighted by Crippen LogP contribution is -1.98. The average molecular weight is 177 g/mol. The minimum absolute atomic E-state index is 0.00744. The van der Waals surface area contributed by atoms with Crippen LogP contribution in [0.2, 0.25) is 0 Å². The quantitative estimate of drug-likeness (QED) is 0.652. The van der Waals surface area contributed by atoms with Crippen LogP contribution in [0.3, 0.4) is 0 Å². The third-order valence-electron chi connectivity index (χ3n) is 1.61. The standard InChI is InChI=1S/C10H11NO2/c1-3-9(12)6-8-4-5-10(13-2)11-7-8/h3-5,7H,1,6H2,2H3. The molecule has 3 heteroatoms.